The van der Waals surface area contributed by atoms with Gasteiger partial charge in [0.05, 0.1) is 12.8 Å². The molecule has 0 aliphatic rings. The van der Waals surface area contributed by atoms with Crippen LogP contribution in [0.2, 0.25) is 0 Å². The van der Waals surface area contributed by atoms with Gasteiger partial charge in [-0.25, -0.2) is 19.2 Å². The van der Waals surface area contributed by atoms with Gasteiger partial charge in [-0.05, 0) is 56.2 Å². The van der Waals surface area contributed by atoms with Crippen LogP contribution in [0.15, 0.2) is 48.5 Å². The summed E-state index contributed by atoms with van der Waals surface area (Å²) < 4.78 is 9.75. The zero-order chi connectivity index (χ0) is 54.6. The van der Waals surface area contributed by atoms with Crippen molar-refractivity contribution in [3.63, 3.8) is 0 Å². The van der Waals surface area contributed by atoms with Crippen molar-refractivity contribution in [3.8, 4) is 11.5 Å². The number of ether oxygens (including phenoxy) is 2. The predicted octanol–water partition coefficient (Wildman–Crippen LogP) is 0.892. The van der Waals surface area contributed by atoms with E-state index in [4.69, 9.17) is 55.1 Å². The quantitative estimate of drug-likeness (QED) is 0.0923. The number of amides is 4. The Labute approximate surface area is 396 Å². The van der Waals surface area contributed by atoms with E-state index < -0.39 is 84.8 Å². The number of esters is 1. The Morgan fingerprint density at radius 2 is 0.884 bits per heavy atom. The van der Waals surface area contributed by atoms with E-state index in [9.17, 15) is 52.7 Å². The normalized spacial score (nSPS) is 10.9. The minimum Gasteiger partial charge on any atom is -0.508 e. The molecule has 0 radical (unpaired) electrons. The molecule has 0 aliphatic carbocycles. The van der Waals surface area contributed by atoms with Crippen LogP contribution in [0, 0.1) is 0 Å². The summed E-state index contributed by atoms with van der Waals surface area (Å²) in [5.41, 5.74) is 1.10. The standard InChI is InChI=1S/C13H15NO6.C11H13NO4.C6H9NO5.C6H12O2.C5H9NO3.C2H4O2/c1-8(15)14-11(13(18)19)6-9-2-4-10(5-3-9)20-7-12(16)17;1-7(13)12-10(11(15)16)6-8-2-4-9(14)5-3-8;1-3(8)7-4(6(11)12)2-5(9)10;1-5(7)8-6(2,3)4;1-4(7)6-3-2-5(8)9;1-2(3)4/h2-5,11H,6-7H2,1H3,(H,14,15)(H,16,17)(H,18,19);2-5,10,14H,6H2,1H3,(H,12,13)(H,15,16);4H,2H2,1H3,(H,7,8)(H,9,10)(H,11,12);1-4H3;2-3H2,1H3,(H,6,7)(H,8,9);1H3,(H,3,4)/t11-;10-;4-;;;/m000.../s1. The van der Waals surface area contributed by atoms with Crippen LogP contribution in [0.5, 0.6) is 11.5 Å². The highest BCUT2D eigenvalue weighted by atomic mass is 16.6. The monoisotopic (exact) mass is 986 g/mol. The van der Waals surface area contributed by atoms with Gasteiger partial charge in [0.25, 0.3) is 5.97 Å². The van der Waals surface area contributed by atoms with Gasteiger partial charge in [0.15, 0.2) is 6.61 Å². The Bertz CT molecular complexity index is 1960. The highest BCUT2D eigenvalue weighted by Gasteiger charge is 2.22. The maximum Gasteiger partial charge on any atom is 0.341 e. The summed E-state index contributed by atoms with van der Waals surface area (Å²) in [6.45, 7) is 12.8. The molecule has 3 atom stereocenters. The van der Waals surface area contributed by atoms with E-state index in [1.165, 1.54) is 39.8 Å². The molecule has 69 heavy (non-hydrogen) atoms. The lowest BCUT2D eigenvalue weighted by Gasteiger charge is -2.17. The van der Waals surface area contributed by atoms with Gasteiger partial charge in [0.2, 0.25) is 23.6 Å². The number of aliphatic carboxylic acids is 7. The highest BCUT2D eigenvalue weighted by molar-refractivity contribution is 5.86. The average Bonchev–Trinajstić information content (AvgIpc) is 3.16. The zero-order valence-corrected chi connectivity index (χ0v) is 39.4. The van der Waals surface area contributed by atoms with Crippen LogP contribution >= 0.6 is 0 Å². The number of benzene rings is 2. The summed E-state index contributed by atoms with van der Waals surface area (Å²) in [7, 11) is 0. The van der Waals surface area contributed by atoms with Crippen molar-refractivity contribution in [2.75, 3.05) is 13.2 Å². The second-order valence-corrected chi connectivity index (χ2v) is 14.6. The van der Waals surface area contributed by atoms with Crippen LogP contribution in [-0.2, 0) is 75.1 Å². The molecule has 0 heterocycles. The smallest absolute Gasteiger partial charge is 0.341 e. The third-order valence-corrected chi connectivity index (χ3v) is 6.67. The molecule has 2 rings (SSSR count). The first-order valence-electron chi connectivity index (χ1n) is 19.9. The lowest BCUT2D eigenvalue weighted by molar-refractivity contribution is -0.152. The molecule has 4 amide bonds. The van der Waals surface area contributed by atoms with Crippen molar-refractivity contribution >= 4 is 71.4 Å². The van der Waals surface area contributed by atoms with E-state index in [1.807, 2.05) is 26.1 Å². The Kier molecular flexibility index (Phi) is 35.9. The number of hydrogen-bond donors (Lipinski definition) is 12. The molecule has 386 valence electrons. The molecule has 0 aromatic heterocycles. The summed E-state index contributed by atoms with van der Waals surface area (Å²) in [5.74, 6) is -8.92. The second-order valence-electron chi connectivity index (χ2n) is 14.6. The fourth-order valence-electron chi connectivity index (χ4n) is 4.26. The van der Waals surface area contributed by atoms with Gasteiger partial charge in [-0.1, -0.05) is 24.3 Å². The molecule has 12 N–H and O–H groups in total. The van der Waals surface area contributed by atoms with Crippen LogP contribution in [0.3, 0.4) is 0 Å². The molecule has 2 aromatic carbocycles. The molecule has 2 aromatic rings. The molecule has 0 bridgehead atoms. The van der Waals surface area contributed by atoms with Gasteiger partial charge < -0.3 is 71.6 Å². The number of rotatable bonds is 18. The molecule has 0 aliphatic heterocycles. The van der Waals surface area contributed by atoms with Crippen molar-refractivity contribution in [1.29, 1.82) is 0 Å². The number of carbonyl (C=O) groups excluding carboxylic acids is 5. The minimum atomic E-state index is -1.35. The third-order valence-electron chi connectivity index (χ3n) is 6.67. The number of phenols is 1. The number of carbonyl (C=O) groups is 12. The predicted molar refractivity (Wildman–Crippen MR) is 239 cm³/mol. The van der Waals surface area contributed by atoms with E-state index in [1.54, 1.807) is 36.4 Å². The van der Waals surface area contributed by atoms with E-state index in [0.717, 1.165) is 19.4 Å². The van der Waals surface area contributed by atoms with Crippen LogP contribution in [-0.4, -0.2) is 149 Å². The zero-order valence-electron chi connectivity index (χ0n) is 39.4. The first-order valence-corrected chi connectivity index (χ1v) is 19.9. The summed E-state index contributed by atoms with van der Waals surface area (Å²) >= 11 is 0. The molecule has 26 nitrogen and oxygen atoms in total. The van der Waals surface area contributed by atoms with Crippen molar-refractivity contribution in [2.24, 2.45) is 0 Å². The van der Waals surface area contributed by atoms with E-state index in [2.05, 4.69) is 16.0 Å². The van der Waals surface area contributed by atoms with Crippen molar-refractivity contribution < 1.29 is 108 Å². The fourth-order valence-corrected chi connectivity index (χ4v) is 4.26. The van der Waals surface area contributed by atoms with Crippen LogP contribution < -0.4 is 26.0 Å². The number of hydrogen-bond acceptors (Lipinski definition) is 15. The lowest BCUT2D eigenvalue weighted by Crippen LogP contribution is -2.41. The van der Waals surface area contributed by atoms with Crippen LogP contribution in [0.25, 0.3) is 0 Å². The number of aromatic hydroxyl groups is 1. The summed E-state index contributed by atoms with van der Waals surface area (Å²) in [5, 5.41) is 76.5. The Balaban J connectivity index is -0.000000389. The molecule has 0 unspecified atom stereocenters. The summed E-state index contributed by atoms with van der Waals surface area (Å²) in [6, 6.07) is 9.23. The highest BCUT2D eigenvalue weighted by Crippen LogP contribution is 2.14. The van der Waals surface area contributed by atoms with E-state index in [0.29, 0.717) is 11.3 Å². The van der Waals surface area contributed by atoms with Gasteiger partial charge >= 0.3 is 41.8 Å². The molecular formula is C43H62N4O22. The second kappa shape index (κ2) is 36.8. The Morgan fingerprint density at radius 3 is 1.14 bits per heavy atom. The van der Waals surface area contributed by atoms with Gasteiger partial charge in [0.1, 0.15) is 35.2 Å². The minimum absolute atomic E-state index is 0.0143. The third kappa shape index (κ3) is 49.0. The largest absolute Gasteiger partial charge is 0.508 e. The van der Waals surface area contributed by atoms with Gasteiger partial charge in [-0.3, -0.25) is 38.4 Å². The number of carboxylic acids is 7. The Hall–Kier alpha value is -8.32. The Morgan fingerprint density at radius 1 is 0.522 bits per heavy atom. The fraction of sp³-hybridized carbons (Fsp3) is 0.442. The number of phenolic OH excluding ortho intramolecular Hbond substituents is 1. The number of nitrogens with one attached hydrogen (secondary N) is 4. The van der Waals surface area contributed by atoms with Crippen LogP contribution in [0.4, 0.5) is 0 Å². The maximum atomic E-state index is 11.0. The van der Waals surface area contributed by atoms with Gasteiger partial charge in [0, 0.05) is 60.9 Å². The van der Waals surface area contributed by atoms with E-state index in [-0.39, 0.29) is 54.9 Å². The summed E-state index contributed by atoms with van der Waals surface area (Å²) in [4.78, 5) is 124. The van der Waals surface area contributed by atoms with Crippen LogP contribution in [0.1, 0.15) is 86.3 Å². The van der Waals surface area contributed by atoms with Gasteiger partial charge in [-0.2, -0.15) is 0 Å². The van der Waals surface area contributed by atoms with Gasteiger partial charge in [-0.15, -0.1) is 0 Å². The average molecular weight is 987 g/mol. The first-order chi connectivity index (χ1) is 31.6. The van der Waals surface area contributed by atoms with Crippen molar-refractivity contribution in [2.45, 2.75) is 112 Å². The topological polar surface area (TPSA) is 433 Å². The number of carboxylic acid groups (broad SMARTS) is 7. The molecular weight excluding hydrogens is 924 g/mol. The molecule has 26 heteroatoms. The molecule has 0 fully saturated rings. The van der Waals surface area contributed by atoms with E-state index >= 15 is 0 Å². The first kappa shape index (κ1) is 67.3. The lowest BCUT2D eigenvalue weighted by atomic mass is 10.1. The summed E-state index contributed by atoms with van der Waals surface area (Å²) in [6.07, 6.45) is -0.308. The van der Waals surface area contributed by atoms with Crippen molar-refractivity contribution in [1.82, 2.24) is 21.3 Å². The molecule has 0 spiro atoms. The SMILES string of the molecule is CC(=O)NCCC(=O)O.CC(=O)N[C@@H](CC(=O)O)C(=O)O.CC(=O)N[C@@H](Cc1ccc(O)cc1)C(=O)O.CC(=O)N[C@@H](Cc1ccc(OCC(=O)O)cc1)C(=O)O.CC(=O)O.CC(=O)OC(C)(C)C. The molecule has 0 saturated carbocycles. The van der Waals surface area contributed by atoms with Crippen molar-refractivity contribution in [3.05, 3.63) is 59.7 Å². The maximum absolute atomic E-state index is 11.0. The molecule has 0 saturated heterocycles.